The van der Waals surface area contributed by atoms with Crippen LogP contribution >= 0.6 is 11.8 Å². The predicted molar refractivity (Wildman–Crippen MR) is 82.6 cm³/mol. The van der Waals surface area contributed by atoms with Crippen molar-refractivity contribution in [2.75, 3.05) is 25.9 Å². The van der Waals surface area contributed by atoms with E-state index in [0.29, 0.717) is 10.8 Å². The van der Waals surface area contributed by atoms with Gasteiger partial charge in [0, 0.05) is 37.3 Å². The van der Waals surface area contributed by atoms with E-state index in [2.05, 4.69) is 23.3 Å². The van der Waals surface area contributed by atoms with E-state index in [1.54, 1.807) is 6.92 Å². The third kappa shape index (κ3) is 4.12. The highest BCUT2D eigenvalue weighted by atomic mass is 32.2. The fraction of sp³-hybridized carbons (Fsp3) is 0.933. The molecule has 1 aliphatic heterocycles. The number of nitrogens with zero attached hydrogens (tertiary/aromatic N) is 1. The minimum Gasteiger partial charge on any atom is -0.343 e. The number of nitrogens with one attached hydrogen (secondary N) is 1. The number of likely N-dealkylation sites (tertiary alicyclic amines) is 1. The topological polar surface area (TPSA) is 32.3 Å². The highest BCUT2D eigenvalue weighted by Crippen LogP contribution is 2.38. The van der Waals surface area contributed by atoms with Crippen molar-refractivity contribution >= 4 is 17.7 Å². The molecule has 0 aromatic heterocycles. The van der Waals surface area contributed by atoms with Crippen molar-refractivity contribution in [3.63, 3.8) is 0 Å². The van der Waals surface area contributed by atoms with Crippen LogP contribution in [0, 0.1) is 0 Å². The summed E-state index contributed by atoms with van der Waals surface area (Å²) in [6.45, 7) is 4.69. The van der Waals surface area contributed by atoms with E-state index in [1.165, 1.54) is 32.1 Å². The zero-order valence-corrected chi connectivity index (χ0v) is 13.2. The van der Waals surface area contributed by atoms with Crippen LogP contribution in [0.3, 0.4) is 0 Å². The molecule has 1 saturated heterocycles. The Bertz CT molecular complexity index is 295. The standard InChI is InChI=1S/C15H28N2OS/c1-13(18)17-10-6-14(7-11-17)16-12-15(19-2)8-4-3-5-9-15/h14,16H,3-12H2,1-2H3. The van der Waals surface area contributed by atoms with Gasteiger partial charge < -0.3 is 10.2 Å². The maximum absolute atomic E-state index is 11.3. The average Bonchev–Trinajstić information content (AvgIpc) is 2.46. The van der Waals surface area contributed by atoms with Gasteiger partial charge in [-0.1, -0.05) is 19.3 Å². The Hall–Kier alpha value is -0.220. The first-order chi connectivity index (χ1) is 9.15. The molecule has 0 bridgehead atoms. The lowest BCUT2D eigenvalue weighted by Gasteiger charge is -2.39. The lowest BCUT2D eigenvalue weighted by molar-refractivity contribution is -0.129. The Balaban J connectivity index is 1.75. The summed E-state index contributed by atoms with van der Waals surface area (Å²) in [7, 11) is 0. The Morgan fingerprint density at radius 3 is 2.42 bits per heavy atom. The molecule has 2 rings (SSSR count). The summed E-state index contributed by atoms with van der Waals surface area (Å²) in [6.07, 6.45) is 11.4. The van der Waals surface area contributed by atoms with Crippen molar-refractivity contribution in [2.45, 2.75) is 62.7 Å². The van der Waals surface area contributed by atoms with Gasteiger partial charge in [-0.25, -0.2) is 0 Å². The van der Waals surface area contributed by atoms with Crippen molar-refractivity contribution in [2.24, 2.45) is 0 Å². The number of rotatable bonds is 4. The first-order valence-electron chi connectivity index (χ1n) is 7.69. The van der Waals surface area contributed by atoms with Gasteiger partial charge in [-0.05, 0) is 31.9 Å². The normalized spacial score (nSPS) is 24.4. The molecule has 1 heterocycles. The van der Waals surface area contributed by atoms with Gasteiger partial charge in [0.15, 0.2) is 0 Å². The first kappa shape index (κ1) is 15.2. The number of amides is 1. The van der Waals surface area contributed by atoms with Crippen LogP contribution in [0.15, 0.2) is 0 Å². The molecule has 0 unspecified atom stereocenters. The number of carbonyl (C=O) groups excluding carboxylic acids is 1. The second-order valence-corrected chi connectivity index (χ2v) is 7.38. The lowest BCUT2D eigenvalue weighted by atomic mass is 9.88. The number of hydrogen-bond donors (Lipinski definition) is 1. The smallest absolute Gasteiger partial charge is 0.219 e. The summed E-state index contributed by atoms with van der Waals surface area (Å²) in [5.74, 6) is 0.228. The highest BCUT2D eigenvalue weighted by Gasteiger charge is 2.32. The summed E-state index contributed by atoms with van der Waals surface area (Å²) < 4.78 is 0.482. The number of hydrogen-bond acceptors (Lipinski definition) is 3. The van der Waals surface area contributed by atoms with Crippen molar-refractivity contribution < 1.29 is 4.79 Å². The molecule has 0 spiro atoms. The zero-order chi connectivity index (χ0) is 13.7. The quantitative estimate of drug-likeness (QED) is 0.861. The van der Waals surface area contributed by atoms with Crippen LogP contribution < -0.4 is 5.32 Å². The van der Waals surface area contributed by atoms with Crippen LogP contribution in [0.4, 0.5) is 0 Å². The summed E-state index contributed by atoms with van der Waals surface area (Å²) >= 11 is 2.06. The van der Waals surface area contributed by atoms with Crippen molar-refractivity contribution in [1.29, 1.82) is 0 Å². The van der Waals surface area contributed by atoms with E-state index in [4.69, 9.17) is 0 Å². The van der Waals surface area contributed by atoms with Crippen LogP contribution in [0.25, 0.3) is 0 Å². The van der Waals surface area contributed by atoms with Crippen LogP contribution in [0.1, 0.15) is 51.9 Å². The average molecular weight is 284 g/mol. The summed E-state index contributed by atoms with van der Waals surface area (Å²) in [5, 5.41) is 3.78. The Kier molecular flexibility index (Phi) is 5.58. The molecule has 4 heteroatoms. The summed E-state index contributed by atoms with van der Waals surface area (Å²) in [6, 6.07) is 0.613. The number of carbonyl (C=O) groups is 1. The molecule has 0 radical (unpaired) electrons. The Labute approximate surface area is 121 Å². The minimum absolute atomic E-state index is 0.228. The van der Waals surface area contributed by atoms with Crippen LogP contribution in [0.2, 0.25) is 0 Å². The van der Waals surface area contributed by atoms with Gasteiger partial charge >= 0.3 is 0 Å². The maximum atomic E-state index is 11.3. The van der Waals surface area contributed by atoms with Gasteiger partial charge in [-0.2, -0.15) is 11.8 Å². The zero-order valence-electron chi connectivity index (χ0n) is 12.4. The molecule has 0 aromatic rings. The molecule has 0 aromatic carbocycles. The molecule has 0 atom stereocenters. The van der Waals surface area contributed by atoms with Gasteiger partial charge in [0.05, 0.1) is 0 Å². The van der Waals surface area contributed by atoms with Gasteiger partial charge in [-0.3, -0.25) is 4.79 Å². The van der Waals surface area contributed by atoms with E-state index in [-0.39, 0.29) is 5.91 Å². The molecule has 1 aliphatic carbocycles. The molecular formula is C15H28N2OS. The second kappa shape index (κ2) is 6.98. The molecular weight excluding hydrogens is 256 g/mol. The third-order valence-electron chi connectivity index (χ3n) is 4.85. The van der Waals surface area contributed by atoms with Gasteiger partial charge in [0.25, 0.3) is 0 Å². The van der Waals surface area contributed by atoms with Crippen LogP contribution in [-0.2, 0) is 4.79 Å². The Morgan fingerprint density at radius 1 is 1.26 bits per heavy atom. The first-order valence-corrected chi connectivity index (χ1v) is 8.92. The molecule has 1 amide bonds. The molecule has 2 aliphatic rings. The SMILES string of the molecule is CSC1(CNC2CCN(C(C)=O)CC2)CCCCC1. The molecule has 3 nitrogen and oxygen atoms in total. The van der Waals surface area contributed by atoms with Gasteiger partial charge in [0.1, 0.15) is 0 Å². The van der Waals surface area contributed by atoms with E-state index in [1.807, 2.05) is 4.90 Å². The summed E-state index contributed by atoms with van der Waals surface area (Å²) in [4.78, 5) is 13.3. The number of piperidine rings is 1. The van der Waals surface area contributed by atoms with Crippen LogP contribution in [-0.4, -0.2) is 47.5 Å². The van der Waals surface area contributed by atoms with Gasteiger partial charge in [-0.15, -0.1) is 0 Å². The molecule has 19 heavy (non-hydrogen) atoms. The van der Waals surface area contributed by atoms with Crippen LogP contribution in [0.5, 0.6) is 0 Å². The molecule has 1 saturated carbocycles. The lowest BCUT2D eigenvalue weighted by Crippen LogP contribution is -2.48. The fourth-order valence-corrected chi connectivity index (χ4v) is 4.30. The molecule has 2 fully saturated rings. The highest BCUT2D eigenvalue weighted by molar-refractivity contribution is 8.00. The van der Waals surface area contributed by atoms with Crippen molar-refractivity contribution in [3.05, 3.63) is 0 Å². The Morgan fingerprint density at radius 2 is 1.89 bits per heavy atom. The van der Waals surface area contributed by atoms with Crippen molar-refractivity contribution in [1.82, 2.24) is 10.2 Å². The monoisotopic (exact) mass is 284 g/mol. The minimum atomic E-state index is 0.228. The fourth-order valence-electron chi connectivity index (χ4n) is 3.38. The van der Waals surface area contributed by atoms with Crippen molar-refractivity contribution in [3.8, 4) is 0 Å². The van der Waals surface area contributed by atoms with E-state index in [9.17, 15) is 4.79 Å². The predicted octanol–water partition coefficient (Wildman–Crippen LogP) is 2.65. The second-order valence-electron chi connectivity index (χ2n) is 6.11. The molecule has 110 valence electrons. The summed E-state index contributed by atoms with van der Waals surface area (Å²) in [5.41, 5.74) is 0. The third-order valence-corrected chi connectivity index (χ3v) is 6.27. The largest absolute Gasteiger partial charge is 0.343 e. The number of thioether (sulfide) groups is 1. The van der Waals surface area contributed by atoms with E-state index < -0.39 is 0 Å². The van der Waals surface area contributed by atoms with Gasteiger partial charge in [0.2, 0.25) is 5.91 Å². The van der Waals surface area contributed by atoms with E-state index >= 15 is 0 Å². The van der Waals surface area contributed by atoms with E-state index in [0.717, 1.165) is 32.5 Å². The maximum Gasteiger partial charge on any atom is 0.219 e. The molecule has 1 N–H and O–H groups in total.